The summed E-state index contributed by atoms with van der Waals surface area (Å²) in [6.07, 6.45) is 2.15. The second kappa shape index (κ2) is 5.08. The molecule has 0 aromatic heterocycles. The van der Waals surface area contributed by atoms with Gasteiger partial charge >= 0.3 is 0 Å². The maximum atomic E-state index is 12.1. The summed E-state index contributed by atoms with van der Waals surface area (Å²) < 4.78 is 27.2. The Morgan fingerprint density at radius 3 is 1.85 bits per heavy atom. The van der Waals surface area contributed by atoms with Gasteiger partial charge in [-0.15, -0.1) is 0 Å². The fraction of sp³-hybridized carbons (Fsp3) is 1.00. The highest BCUT2D eigenvalue weighted by Gasteiger charge is 2.31. The normalized spacial score (nSPS) is 15.2. The molecular weight excluding hydrogens is 188 g/mol. The van der Waals surface area contributed by atoms with Crippen LogP contribution in [0.3, 0.4) is 0 Å². The summed E-state index contributed by atoms with van der Waals surface area (Å²) in [4.78, 5) is 0. The van der Waals surface area contributed by atoms with Gasteiger partial charge in [0.05, 0.1) is 16.2 Å². The van der Waals surface area contributed by atoms with Crippen molar-refractivity contribution in [1.29, 1.82) is 0 Å². The first-order valence-corrected chi connectivity index (χ1v) is 7.19. The van der Waals surface area contributed by atoms with Crippen LogP contribution in [0.15, 0.2) is 0 Å². The van der Waals surface area contributed by atoms with Gasteiger partial charge in [-0.05, 0) is 19.3 Å². The molecular formula is C9H22O3S. The van der Waals surface area contributed by atoms with Crippen LogP contribution >= 0.6 is 0 Å². The van der Waals surface area contributed by atoms with E-state index < -0.39 is 9.63 Å². The second-order valence-corrected chi connectivity index (χ2v) is 6.73. The van der Waals surface area contributed by atoms with Gasteiger partial charge in [0, 0.05) is 11.5 Å². The van der Waals surface area contributed by atoms with Gasteiger partial charge < -0.3 is 4.55 Å². The SMILES string of the molecule is CCCOS(=O)(O)(CCC)CCC. The van der Waals surface area contributed by atoms with E-state index in [-0.39, 0.29) is 11.5 Å². The van der Waals surface area contributed by atoms with E-state index in [1.54, 1.807) is 0 Å². The molecule has 0 unspecified atom stereocenters. The lowest BCUT2D eigenvalue weighted by molar-refractivity contribution is 0.266. The zero-order valence-electron chi connectivity index (χ0n) is 8.91. The molecule has 0 radical (unpaired) electrons. The average Bonchev–Trinajstić information content (AvgIpc) is 2.02. The summed E-state index contributed by atoms with van der Waals surface area (Å²) in [5.41, 5.74) is 0. The first-order chi connectivity index (χ1) is 5.96. The van der Waals surface area contributed by atoms with Gasteiger partial charge in [0.15, 0.2) is 0 Å². The molecule has 0 heterocycles. The minimum Gasteiger partial charge on any atom is -0.307 e. The predicted molar refractivity (Wildman–Crippen MR) is 57.3 cm³/mol. The Kier molecular flexibility index (Phi) is 5.10. The second-order valence-electron chi connectivity index (χ2n) is 3.38. The quantitative estimate of drug-likeness (QED) is 0.702. The van der Waals surface area contributed by atoms with Crippen LogP contribution in [0.1, 0.15) is 40.0 Å². The summed E-state index contributed by atoms with van der Waals surface area (Å²) in [5.74, 6) is 0.538. The lowest BCUT2D eigenvalue weighted by Crippen LogP contribution is -2.41. The minimum atomic E-state index is -3.74. The van der Waals surface area contributed by atoms with Crippen molar-refractivity contribution < 1.29 is 12.9 Å². The van der Waals surface area contributed by atoms with Crippen molar-refractivity contribution in [2.24, 2.45) is 0 Å². The van der Waals surface area contributed by atoms with E-state index in [1.165, 1.54) is 0 Å². The maximum Gasteiger partial charge on any atom is 0.0849 e. The Balaban J connectivity index is 4.39. The highest BCUT2D eigenvalue weighted by Crippen LogP contribution is 2.25. The molecule has 0 aliphatic rings. The Morgan fingerprint density at radius 2 is 1.54 bits per heavy atom. The van der Waals surface area contributed by atoms with Crippen LogP contribution in [-0.4, -0.2) is 26.9 Å². The molecule has 0 aliphatic carbocycles. The zero-order valence-corrected chi connectivity index (χ0v) is 9.73. The Labute approximate surface area is 81.3 Å². The van der Waals surface area contributed by atoms with Crippen molar-refractivity contribution in [1.82, 2.24) is 0 Å². The molecule has 0 saturated heterocycles. The van der Waals surface area contributed by atoms with Crippen molar-refractivity contribution in [2.45, 2.75) is 40.0 Å². The lowest BCUT2D eigenvalue weighted by Gasteiger charge is -2.36. The Hall–Kier alpha value is 0.0700. The number of hydrogen-bond acceptors (Lipinski definition) is 2. The molecule has 1 N–H and O–H groups in total. The molecule has 4 heteroatoms. The summed E-state index contributed by atoms with van der Waals surface area (Å²) in [7, 11) is -3.74. The van der Waals surface area contributed by atoms with E-state index in [9.17, 15) is 8.76 Å². The molecule has 0 bridgehead atoms. The molecule has 0 amide bonds. The molecule has 0 fully saturated rings. The van der Waals surface area contributed by atoms with Crippen molar-refractivity contribution >= 4 is 9.63 Å². The van der Waals surface area contributed by atoms with Crippen LogP contribution in [0.5, 0.6) is 0 Å². The van der Waals surface area contributed by atoms with Crippen molar-refractivity contribution in [3.63, 3.8) is 0 Å². The van der Waals surface area contributed by atoms with Gasteiger partial charge in [-0.1, -0.05) is 20.8 Å². The molecule has 0 aliphatic heterocycles. The van der Waals surface area contributed by atoms with E-state index in [0.717, 1.165) is 6.42 Å². The third-order valence-corrected chi connectivity index (χ3v) is 4.90. The van der Waals surface area contributed by atoms with E-state index in [2.05, 4.69) is 0 Å². The molecule has 0 rings (SSSR count). The third-order valence-electron chi connectivity index (χ3n) is 1.77. The molecule has 0 atom stereocenters. The molecule has 0 aromatic rings. The smallest absolute Gasteiger partial charge is 0.0849 e. The fourth-order valence-corrected chi connectivity index (χ4v) is 3.89. The number of rotatable bonds is 7. The van der Waals surface area contributed by atoms with Crippen LogP contribution < -0.4 is 0 Å². The Bertz CT molecular complexity index is 191. The Morgan fingerprint density at radius 1 is 1.08 bits per heavy atom. The topological polar surface area (TPSA) is 46.5 Å². The summed E-state index contributed by atoms with van der Waals surface area (Å²) in [5, 5.41) is 0. The standard InChI is InChI=1S/C9H22O3S/c1-4-7-12-13(10,11,8-5-2)9-6-3/h4-9H2,1-3H3,(H,10,11). The van der Waals surface area contributed by atoms with Crippen molar-refractivity contribution in [3.8, 4) is 0 Å². The minimum absolute atomic E-state index is 0.269. The highest BCUT2D eigenvalue weighted by atomic mass is 32.3. The van der Waals surface area contributed by atoms with Crippen LogP contribution in [-0.2, 0) is 13.8 Å². The molecule has 13 heavy (non-hydrogen) atoms. The molecule has 0 spiro atoms. The monoisotopic (exact) mass is 210 g/mol. The first-order valence-electron chi connectivity index (χ1n) is 5.00. The van der Waals surface area contributed by atoms with E-state index in [0.29, 0.717) is 19.4 Å². The van der Waals surface area contributed by atoms with Gasteiger partial charge in [-0.25, -0.2) is 4.21 Å². The number of hydrogen-bond donors (Lipinski definition) is 1. The van der Waals surface area contributed by atoms with Crippen molar-refractivity contribution in [2.75, 3.05) is 18.1 Å². The van der Waals surface area contributed by atoms with Crippen LogP contribution in [0.25, 0.3) is 0 Å². The van der Waals surface area contributed by atoms with E-state index in [1.807, 2.05) is 20.8 Å². The highest BCUT2D eigenvalue weighted by molar-refractivity contribution is 8.10. The maximum absolute atomic E-state index is 12.1. The summed E-state index contributed by atoms with van der Waals surface area (Å²) in [6, 6.07) is 0. The van der Waals surface area contributed by atoms with Crippen LogP contribution in [0.2, 0.25) is 0 Å². The summed E-state index contributed by atoms with van der Waals surface area (Å²) >= 11 is 0. The molecule has 0 aromatic carbocycles. The van der Waals surface area contributed by atoms with Gasteiger partial charge in [0.25, 0.3) is 0 Å². The van der Waals surface area contributed by atoms with E-state index in [4.69, 9.17) is 4.18 Å². The van der Waals surface area contributed by atoms with Crippen LogP contribution in [0.4, 0.5) is 0 Å². The summed E-state index contributed by atoms with van der Waals surface area (Å²) in [6.45, 7) is 6.11. The average molecular weight is 210 g/mol. The molecule has 82 valence electrons. The lowest BCUT2D eigenvalue weighted by atomic mass is 10.5. The fourth-order valence-electron chi connectivity index (χ4n) is 1.30. The van der Waals surface area contributed by atoms with E-state index >= 15 is 0 Å². The van der Waals surface area contributed by atoms with Gasteiger partial charge in [-0.3, -0.25) is 4.18 Å². The van der Waals surface area contributed by atoms with Gasteiger partial charge in [0.2, 0.25) is 0 Å². The zero-order chi connectivity index (χ0) is 10.4. The third kappa shape index (κ3) is 4.74. The van der Waals surface area contributed by atoms with Gasteiger partial charge in [0.1, 0.15) is 0 Å². The molecule has 3 nitrogen and oxygen atoms in total. The van der Waals surface area contributed by atoms with Gasteiger partial charge in [-0.2, -0.15) is 0 Å². The first kappa shape index (κ1) is 13.1. The van der Waals surface area contributed by atoms with Crippen molar-refractivity contribution in [3.05, 3.63) is 0 Å². The molecule has 0 saturated carbocycles. The van der Waals surface area contributed by atoms with Crippen LogP contribution in [0, 0.1) is 0 Å². The largest absolute Gasteiger partial charge is 0.307 e. The predicted octanol–water partition coefficient (Wildman–Crippen LogP) is 2.44.